The molecule has 1 aliphatic heterocycles. The lowest BCUT2D eigenvalue weighted by molar-refractivity contribution is -0.147. The third-order valence-electron chi connectivity index (χ3n) is 2.61. The van der Waals surface area contributed by atoms with Gasteiger partial charge in [0.2, 0.25) is 0 Å². The van der Waals surface area contributed by atoms with Gasteiger partial charge in [-0.1, -0.05) is 28.1 Å². The quantitative estimate of drug-likeness (QED) is 0.865. The number of nitrogens with one attached hydrogen (secondary N) is 1. The molecule has 1 N–H and O–H groups in total. The van der Waals surface area contributed by atoms with E-state index >= 15 is 0 Å². The Kier molecular flexibility index (Phi) is 3.96. The number of esters is 1. The van der Waals surface area contributed by atoms with Gasteiger partial charge in [-0.15, -0.1) is 0 Å². The van der Waals surface area contributed by atoms with Gasteiger partial charge in [0.15, 0.2) is 0 Å². The normalized spacial score (nSPS) is 19.7. The molecule has 3 nitrogen and oxygen atoms in total. The van der Waals surface area contributed by atoms with Crippen LogP contribution in [-0.4, -0.2) is 18.6 Å². The molecule has 1 aromatic rings. The fraction of sp³-hybridized carbons (Fsp3) is 0.417. The van der Waals surface area contributed by atoms with Gasteiger partial charge in [-0.2, -0.15) is 0 Å². The number of rotatable bonds is 3. The number of carbonyl (C=O) groups is 1. The molecule has 1 aromatic carbocycles. The Morgan fingerprint density at radius 3 is 3.12 bits per heavy atom. The van der Waals surface area contributed by atoms with Crippen molar-refractivity contribution < 1.29 is 9.53 Å². The van der Waals surface area contributed by atoms with Crippen LogP contribution in [0.5, 0.6) is 0 Å². The van der Waals surface area contributed by atoms with Crippen molar-refractivity contribution in [1.29, 1.82) is 0 Å². The van der Waals surface area contributed by atoms with Crippen molar-refractivity contribution in [3.8, 4) is 0 Å². The second-order valence-corrected chi connectivity index (χ2v) is 4.80. The summed E-state index contributed by atoms with van der Waals surface area (Å²) in [6, 6.07) is 7.67. The Bertz CT molecular complexity index is 375. The molecule has 0 aliphatic carbocycles. The first-order valence-electron chi connectivity index (χ1n) is 5.40. The molecule has 2 rings (SSSR count). The minimum atomic E-state index is -0.141. The van der Waals surface area contributed by atoms with Crippen molar-refractivity contribution in [2.75, 3.05) is 6.54 Å². The highest BCUT2D eigenvalue weighted by molar-refractivity contribution is 9.10. The molecule has 0 spiro atoms. The maximum atomic E-state index is 11.6. The van der Waals surface area contributed by atoms with Crippen LogP contribution < -0.4 is 5.32 Å². The number of halogens is 1. The van der Waals surface area contributed by atoms with Gasteiger partial charge in [-0.25, -0.2) is 0 Å². The van der Waals surface area contributed by atoms with Crippen molar-refractivity contribution in [3.05, 3.63) is 34.3 Å². The van der Waals surface area contributed by atoms with E-state index in [1.165, 1.54) is 0 Å². The van der Waals surface area contributed by atoms with Gasteiger partial charge in [0.05, 0.1) is 0 Å². The maximum absolute atomic E-state index is 11.6. The molecule has 0 saturated carbocycles. The zero-order chi connectivity index (χ0) is 11.4. The maximum Gasteiger partial charge on any atom is 0.323 e. The van der Waals surface area contributed by atoms with E-state index in [4.69, 9.17) is 4.74 Å². The second-order valence-electron chi connectivity index (χ2n) is 3.89. The van der Waals surface area contributed by atoms with E-state index in [-0.39, 0.29) is 12.0 Å². The van der Waals surface area contributed by atoms with Crippen molar-refractivity contribution in [2.45, 2.75) is 25.5 Å². The van der Waals surface area contributed by atoms with E-state index in [0.717, 1.165) is 29.4 Å². The zero-order valence-electron chi connectivity index (χ0n) is 8.91. The van der Waals surface area contributed by atoms with Crippen LogP contribution in [0.3, 0.4) is 0 Å². The van der Waals surface area contributed by atoms with Crippen LogP contribution in [0.15, 0.2) is 28.7 Å². The Labute approximate surface area is 103 Å². The van der Waals surface area contributed by atoms with Crippen molar-refractivity contribution in [3.63, 3.8) is 0 Å². The van der Waals surface area contributed by atoms with Crippen LogP contribution in [0.2, 0.25) is 0 Å². The predicted octanol–water partition coefficient (Wildman–Crippen LogP) is 2.24. The van der Waals surface area contributed by atoms with E-state index in [1.807, 2.05) is 24.3 Å². The zero-order valence-corrected chi connectivity index (χ0v) is 10.5. The molecule has 0 unspecified atom stereocenters. The largest absolute Gasteiger partial charge is 0.460 e. The molecule has 4 heteroatoms. The highest BCUT2D eigenvalue weighted by atomic mass is 79.9. The van der Waals surface area contributed by atoms with Gasteiger partial charge < -0.3 is 10.1 Å². The van der Waals surface area contributed by atoms with Gasteiger partial charge in [0.1, 0.15) is 12.6 Å². The third-order valence-corrected chi connectivity index (χ3v) is 3.11. The second kappa shape index (κ2) is 5.46. The summed E-state index contributed by atoms with van der Waals surface area (Å²) < 4.78 is 6.24. The average Bonchev–Trinajstić information content (AvgIpc) is 2.79. The first-order chi connectivity index (χ1) is 7.75. The van der Waals surface area contributed by atoms with Gasteiger partial charge in [0, 0.05) is 4.47 Å². The number of carbonyl (C=O) groups excluding carboxylic acids is 1. The Balaban J connectivity index is 1.84. The SMILES string of the molecule is O=C(OCc1cccc(Br)c1)[C@@H]1CCCN1. The molecule has 1 heterocycles. The van der Waals surface area contributed by atoms with E-state index in [9.17, 15) is 4.79 Å². The molecule has 1 saturated heterocycles. The minimum absolute atomic E-state index is 0.104. The molecule has 0 aromatic heterocycles. The Morgan fingerprint density at radius 2 is 2.44 bits per heavy atom. The number of hydrogen-bond acceptors (Lipinski definition) is 3. The first kappa shape index (κ1) is 11.6. The molecule has 0 amide bonds. The number of hydrogen-bond donors (Lipinski definition) is 1. The van der Waals surface area contributed by atoms with Crippen LogP contribution in [0, 0.1) is 0 Å². The lowest BCUT2D eigenvalue weighted by atomic mass is 10.2. The van der Waals surface area contributed by atoms with Crippen LogP contribution >= 0.6 is 15.9 Å². The third kappa shape index (κ3) is 3.06. The smallest absolute Gasteiger partial charge is 0.323 e. The van der Waals surface area contributed by atoms with Gasteiger partial charge >= 0.3 is 5.97 Å². The van der Waals surface area contributed by atoms with Crippen molar-refractivity contribution in [2.24, 2.45) is 0 Å². The number of benzene rings is 1. The fourth-order valence-corrected chi connectivity index (χ4v) is 2.21. The standard InChI is InChI=1S/C12H14BrNO2/c13-10-4-1-3-9(7-10)8-16-12(15)11-5-2-6-14-11/h1,3-4,7,11,14H,2,5-6,8H2/t11-/m0/s1. The summed E-state index contributed by atoms with van der Waals surface area (Å²) in [4.78, 5) is 11.6. The van der Waals surface area contributed by atoms with Gasteiger partial charge in [0.25, 0.3) is 0 Å². The van der Waals surface area contributed by atoms with Crippen LogP contribution in [0.1, 0.15) is 18.4 Å². The number of ether oxygens (including phenoxy) is 1. The Morgan fingerprint density at radius 1 is 1.56 bits per heavy atom. The van der Waals surface area contributed by atoms with Crippen LogP contribution in [0.4, 0.5) is 0 Å². The van der Waals surface area contributed by atoms with E-state index < -0.39 is 0 Å². The van der Waals surface area contributed by atoms with Crippen molar-refractivity contribution in [1.82, 2.24) is 5.32 Å². The monoisotopic (exact) mass is 283 g/mol. The average molecular weight is 284 g/mol. The van der Waals surface area contributed by atoms with Gasteiger partial charge in [-0.05, 0) is 37.1 Å². The predicted molar refractivity (Wildman–Crippen MR) is 65.0 cm³/mol. The summed E-state index contributed by atoms with van der Waals surface area (Å²) in [6.07, 6.45) is 1.94. The molecule has 86 valence electrons. The molecule has 1 aliphatic rings. The summed E-state index contributed by atoms with van der Waals surface area (Å²) in [7, 11) is 0. The molecule has 0 radical (unpaired) electrons. The summed E-state index contributed by atoms with van der Waals surface area (Å²) in [5.74, 6) is -0.141. The topological polar surface area (TPSA) is 38.3 Å². The summed E-state index contributed by atoms with van der Waals surface area (Å²) in [6.45, 7) is 1.26. The first-order valence-corrected chi connectivity index (χ1v) is 6.19. The molecule has 16 heavy (non-hydrogen) atoms. The van der Waals surface area contributed by atoms with Crippen LogP contribution in [0.25, 0.3) is 0 Å². The summed E-state index contributed by atoms with van der Waals surface area (Å²) in [5, 5.41) is 3.12. The summed E-state index contributed by atoms with van der Waals surface area (Å²) >= 11 is 3.38. The fourth-order valence-electron chi connectivity index (χ4n) is 1.77. The van der Waals surface area contributed by atoms with Crippen molar-refractivity contribution >= 4 is 21.9 Å². The van der Waals surface area contributed by atoms with Gasteiger partial charge in [-0.3, -0.25) is 4.79 Å². The molecular weight excluding hydrogens is 270 g/mol. The molecule has 1 fully saturated rings. The highest BCUT2D eigenvalue weighted by Crippen LogP contribution is 2.13. The van der Waals surface area contributed by atoms with Crippen LogP contribution in [-0.2, 0) is 16.1 Å². The summed E-state index contributed by atoms with van der Waals surface area (Å²) in [5.41, 5.74) is 1.00. The van der Waals surface area contributed by atoms with E-state index in [2.05, 4.69) is 21.2 Å². The molecule has 1 atom stereocenters. The lowest BCUT2D eigenvalue weighted by Gasteiger charge is -2.10. The Hall–Kier alpha value is -0.870. The minimum Gasteiger partial charge on any atom is -0.460 e. The molecule has 0 bridgehead atoms. The van der Waals surface area contributed by atoms with E-state index in [0.29, 0.717) is 6.61 Å². The van der Waals surface area contributed by atoms with E-state index in [1.54, 1.807) is 0 Å². The highest BCUT2D eigenvalue weighted by Gasteiger charge is 2.23. The molecular formula is C12H14BrNO2. The lowest BCUT2D eigenvalue weighted by Crippen LogP contribution is -2.32.